The molecule has 0 saturated heterocycles. The number of aliphatic hydroxyl groups is 2. The predicted octanol–water partition coefficient (Wildman–Crippen LogP) is 6.28. The molecule has 30 N–H and O–H groups in total. The van der Waals surface area contributed by atoms with Crippen LogP contribution in [-0.4, -0.2) is 78.1 Å². The van der Waals surface area contributed by atoms with Crippen LogP contribution in [0.4, 0.5) is 0 Å². The third kappa shape index (κ3) is 44.9. The second kappa shape index (κ2) is 48.0. The summed E-state index contributed by atoms with van der Waals surface area (Å²) >= 11 is 0. The Hall–Kier alpha value is -0.980. The molecule has 8 atom stereocenters. The third-order valence-electron chi connectivity index (χ3n) is 11.1. The summed E-state index contributed by atoms with van der Waals surface area (Å²) in [5.41, 5.74) is 0. The van der Waals surface area contributed by atoms with Crippen LogP contribution in [0.15, 0.2) is 0 Å². The van der Waals surface area contributed by atoms with E-state index in [2.05, 4.69) is 31.9 Å². The van der Waals surface area contributed by atoms with Crippen LogP contribution in [0.25, 0.3) is 0 Å². The van der Waals surface area contributed by atoms with Crippen LogP contribution < -0.4 is 77.3 Å². The Bertz CT molecular complexity index is 1520. The molecular weight excluding hydrogens is 1070 g/mol. The Morgan fingerprint density at radius 2 is 0.689 bits per heavy atom. The zero-order valence-corrected chi connectivity index (χ0v) is 49.7. The first-order chi connectivity index (χ1) is 31.5. The van der Waals surface area contributed by atoms with Crippen LogP contribution in [0.3, 0.4) is 0 Å². The molecule has 0 aromatic rings. The van der Waals surface area contributed by atoms with E-state index in [-0.39, 0.29) is 55.9 Å². The molecule has 0 heterocycles. The molecule has 29 nitrogen and oxygen atoms in total. The van der Waals surface area contributed by atoms with E-state index in [1.54, 1.807) is 0 Å². The molecule has 0 amide bonds. The fourth-order valence-corrected chi connectivity index (χ4v) is 10.2. The quantitative estimate of drug-likeness (QED) is 0.0184. The van der Waals surface area contributed by atoms with Crippen molar-refractivity contribution in [2.75, 3.05) is 13.2 Å². The van der Waals surface area contributed by atoms with E-state index in [1.807, 2.05) is 0 Å². The number of carbonyl (C=O) groups is 2. The Morgan fingerprint density at radius 3 is 1.00 bits per heavy atom. The topological polar surface area (TPSA) is 624 Å². The van der Waals surface area contributed by atoms with E-state index < -0.39 is 99.2 Å². The lowest BCUT2D eigenvalue weighted by Gasteiger charge is -2.52. The average molecular weight is 1170 g/mol. The molecule has 0 bridgehead atoms. The van der Waals surface area contributed by atoms with Crippen molar-refractivity contribution in [2.45, 2.75) is 236 Å². The number of carbonyl (C=O) groups excluding carboxylic acids is 2. The molecule has 0 spiro atoms. The van der Waals surface area contributed by atoms with Gasteiger partial charge in [0, 0.05) is 12.8 Å². The maximum atomic E-state index is 13.1. The fraction of sp³-hybridized carbons (Fsp3) is 0.951. The average Bonchev–Trinajstić information content (AvgIpc) is 3.22. The fourth-order valence-electron chi connectivity index (χ4n) is 7.64. The highest BCUT2D eigenvalue weighted by molar-refractivity contribution is 7.46. The number of aliphatic hydroxyl groups excluding tert-OH is 2. The minimum Gasteiger partial charge on any atom is -0.790 e. The predicted molar refractivity (Wildman–Crippen MR) is 271 cm³/mol. The molecule has 0 radical (unpaired) electrons. The van der Waals surface area contributed by atoms with Crippen molar-refractivity contribution in [1.82, 2.24) is 43.1 Å². The molecule has 1 saturated carbocycles. The summed E-state index contributed by atoms with van der Waals surface area (Å²) in [4.78, 5) is 107. The smallest absolute Gasteiger partial charge is 0.306 e. The molecule has 1 aliphatic rings. The van der Waals surface area contributed by atoms with Gasteiger partial charge in [0.25, 0.3) is 7.82 Å². The maximum Gasteiger partial charge on any atom is 0.306 e. The van der Waals surface area contributed by atoms with Crippen molar-refractivity contribution >= 4 is 43.2 Å². The second-order valence-corrected chi connectivity index (χ2v) is 21.8. The highest BCUT2D eigenvalue weighted by atomic mass is 31.2. The zero-order valence-electron chi connectivity index (χ0n) is 46.1. The molecule has 3 unspecified atom stereocenters. The van der Waals surface area contributed by atoms with Crippen LogP contribution in [0, 0.1) is 0 Å². The highest BCUT2D eigenvalue weighted by Crippen LogP contribution is 2.49. The van der Waals surface area contributed by atoms with Gasteiger partial charge in [0.1, 0.15) is 43.2 Å². The molecule has 74 heavy (non-hydrogen) atoms. The van der Waals surface area contributed by atoms with Crippen LogP contribution in [-0.2, 0) is 59.9 Å². The third-order valence-corrected chi connectivity index (χ3v) is 13.6. The van der Waals surface area contributed by atoms with Gasteiger partial charge in [-0.1, -0.05) is 168 Å². The van der Waals surface area contributed by atoms with Crippen LogP contribution in [0.1, 0.15) is 194 Å². The number of esters is 2. The van der Waals surface area contributed by atoms with Gasteiger partial charge in [-0.3, -0.25) is 14.2 Å². The van der Waals surface area contributed by atoms with E-state index >= 15 is 0 Å². The van der Waals surface area contributed by atoms with Gasteiger partial charge in [-0.25, -0.2) is 0 Å². The Labute approximate surface area is 439 Å². The van der Waals surface area contributed by atoms with E-state index in [0.717, 1.165) is 57.8 Å². The van der Waals surface area contributed by atoms with Gasteiger partial charge in [-0.2, -0.15) is 0 Å². The van der Waals surface area contributed by atoms with Crippen LogP contribution >= 0.6 is 31.3 Å². The first kappa shape index (κ1) is 86.9. The standard InChI is InChI=1S/C41H82O22P4.7H3N/c1-3-5-7-9-11-13-15-17-19-21-23-25-27-29-34(42)57-31-33(59-35(43)30-28-26-24-22-20-18-16-14-12-10-8-6-4-2)32-58-67(55,56)63-38-36(44)39(60-64(46,47)48)41(62-66(52,53)54)40(37(38)45)61-65(49,50)51;;;;;;;/h33,36-41,44-45H,3-32H2,1-2H3,(H,55,56)(H2,46,47,48)(H2,49,50,51)(H2,52,53,54);7*1H3/t33-,36+,37+,38?,39-,40+,41?;;;;;;;/m1......./s1. The summed E-state index contributed by atoms with van der Waals surface area (Å²) < 4.78 is 79.5. The van der Waals surface area contributed by atoms with Gasteiger partial charge in [0.2, 0.25) is 0 Å². The largest absolute Gasteiger partial charge is 0.790 e. The second-order valence-electron chi connectivity index (χ2n) is 17.1. The number of ether oxygens (including phenoxy) is 2. The van der Waals surface area contributed by atoms with Crippen molar-refractivity contribution in [2.24, 2.45) is 0 Å². The van der Waals surface area contributed by atoms with E-state index in [4.69, 9.17) is 14.0 Å². The molecule has 33 heteroatoms. The maximum absolute atomic E-state index is 13.1. The number of rotatable bonds is 42. The Balaban J connectivity index is -0.00000128. The Kier molecular flexibility index (Phi) is 56.3. The summed E-state index contributed by atoms with van der Waals surface area (Å²) in [7, 11) is -25.1. The number of hydrogen-bond acceptors (Lipinski definition) is 22. The molecule has 0 aliphatic heterocycles. The molecule has 1 aliphatic carbocycles. The van der Waals surface area contributed by atoms with E-state index in [0.29, 0.717) is 19.3 Å². The Morgan fingerprint density at radius 1 is 0.405 bits per heavy atom. The molecule has 0 aromatic heterocycles. The van der Waals surface area contributed by atoms with Crippen molar-refractivity contribution in [3.8, 4) is 0 Å². The molecule has 0 aromatic carbocycles. The first-order valence-electron chi connectivity index (χ1n) is 23.9. The minimum absolute atomic E-state index is 0. The van der Waals surface area contributed by atoms with Crippen molar-refractivity contribution in [1.29, 1.82) is 0 Å². The zero-order chi connectivity index (χ0) is 50.4. The van der Waals surface area contributed by atoms with Gasteiger partial charge in [0.15, 0.2) is 6.10 Å². The lowest BCUT2D eigenvalue weighted by Crippen LogP contribution is -2.66. The highest BCUT2D eigenvalue weighted by Gasteiger charge is 2.55. The van der Waals surface area contributed by atoms with Crippen molar-refractivity contribution in [3.63, 3.8) is 0 Å². The summed E-state index contributed by atoms with van der Waals surface area (Å²) in [6, 6.07) is 0. The lowest BCUT2D eigenvalue weighted by atomic mass is 9.85. The van der Waals surface area contributed by atoms with Gasteiger partial charge in [-0.05, 0) is 12.8 Å². The number of hydrogen-bond donors (Lipinski definition) is 9. The van der Waals surface area contributed by atoms with Crippen LogP contribution in [0.2, 0.25) is 0 Å². The molecule has 454 valence electrons. The summed E-state index contributed by atoms with van der Waals surface area (Å²) in [6.45, 7) is 2.55. The monoisotopic (exact) mass is 1170 g/mol. The lowest BCUT2D eigenvalue weighted by molar-refractivity contribution is -0.373. The number of unbranched alkanes of at least 4 members (excludes halogenated alkanes) is 24. The van der Waals surface area contributed by atoms with Crippen LogP contribution in [0.5, 0.6) is 0 Å². The SMILES string of the molecule is CCCCCCCCCCCCCCCC(=O)OC[C@H](COP(=O)([O-])OC1[C@H](O)[C@H](OP(=O)([O-])[O-])C(OP(=O)([O-])[O-])[C@H](OP(=O)([O-])[O-])[C@H]1O)OC(=O)CCCCCCCCCCCCCCC.[NH4+].[NH4+].[NH4+].[NH4+].[NH4+].[NH4+].[NH4+]. The minimum atomic E-state index is -6.37. The van der Waals surface area contributed by atoms with Crippen molar-refractivity contribution in [3.05, 3.63) is 0 Å². The summed E-state index contributed by atoms with van der Waals surface area (Å²) in [5.74, 6) is -1.49. The molecule has 1 rings (SSSR count). The van der Waals surface area contributed by atoms with Gasteiger partial charge < -0.3 is 133 Å². The summed E-state index contributed by atoms with van der Waals surface area (Å²) in [5, 5.41) is 21.5. The number of phosphoric ester groups is 4. The summed E-state index contributed by atoms with van der Waals surface area (Å²) in [6.07, 6.45) is 8.20. The number of quaternary nitrogens is 7. The molecule has 1 fully saturated rings. The van der Waals surface area contributed by atoms with Gasteiger partial charge in [-0.15, -0.1) is 0 Å². The molecular formula is C41H103N7O22P4. The van der Waals surface area contributed by atoms with Gasteiger partial charge in [0.05, 0.1) is 30.1 Å². The first-order valence-corrected chi connectivity index (χ1v) is 29.8. The normalized spacial score (nSPS) is 19.7. The van der Waals surface area contributed by atoms with E-state index in [1.165, 1.54) is 89.9 Å². The number of phosphoric acid groups is 4. The van der Waals surface area contributed by atoms with Crippen molar-refractivity contribution < 1.29 is 104 Å². The van der Waals surface area contributed by atoms with Gasteiger partial charge >= 0.3 is 11.9 Å². The van der Waals surface area contributed by atoms with E-state index in [9.17, 15) is 72.3 Å².